The zero-order valence-electron chi connectivity index (χ0n) is 15.2. The summed E-state index contributed by atoms with van der Waals surface area (Å²) in [4.78, 5) is 35.6. The fourth-order valence-electron chi connectivity index (χ4n) is 2.63. The second-order valence-corrected chi connectivity index (χ2v) is 6.72. The highest BCUT2D eigenvalue weighted by molar-refractivity contribution is 7.15. The van der Waals surface area contributed by atoms with Gasteiger partial charge in [-0.15, -0.1) is 11.3 Å². The van der Waals surface area contributed by atoms with Crippen LogP contribution in [0, 0.1) is 15.9 Å². The summed E-state index contributed by atoms with van der Waals surface area (Å²) in [7, 11) is 0. The minimum Gasteiger partial charge on any atom is -0.462 e. The summed E-state index contributed by atoms with van der Waals surface area (Å²) in [6.07, 6.45) is 0. The van der Waals surface area contributed by atoms with Crippen molar-refractivity contribution in [1.82, 2.24) is 0 Å². The first-order valence-corrected chi connectivity index (χ1v) is 9.39. The molecule has 3 aromatic rings. The number of carbonyl (C=O) groups excluding carboxylic acids is 2. The van der Waals surface area contributed by atoms with Gasteiger partial charge in [0, 0.05) is 28.6 Å². The Hall–Kier alpha value is -3.59. The number of rotatable bonds is 6. The zero-order valence-corrected chi connectivity index (χ0v) is 16.0. The number of carbonyl (C=O) groups is 2. The van der Waals surface area contributed by atoms with Crippen LogP contribution in [0.1, 0.15) is 27.6 Å². The van der Waals surface area contributed by atoms with Crippen molar-refractivity contribution < 1.29 is 23.6 Å². The number of hydrogen-bond acceptors (Lipinski definition) is 6. The van der Waals surface area contributed by atoms with Crippen LogP contribution in [0.25, 0.3) is 11.1 Å². The van der Waals surface area contributed by atoms with E-state index in [0.29, 0.717) is 11.1 Å². The van der Waals surface area contributed by atoms with Gasteiger partial charge in [0.2, 0.25) is 0 Å². The van der Waals surface area contributed by atoms with E-state index in [9.17, 15) is 24.1 Å². The SMILES string of the molecule is CCOC(=O)c1c(-c2cccc([N+](=O)[O-])c2)csc1NC(=O)c1ccc(F)cc1. The minimum absolute atomic E-state index is 0.104. The molecule has 0 aliphatic rings. The Balaban J connectivity index is 2.01. The third kappa shape index (κ3) is 4.46. The normalized spacial score (nSPS) is 10.4. The molecule has 7 nitrogen and oxygen atoms in total. The first-order valence-electron chi connectivity index (χ1n) is 8.51. The number of nitro groups is 1. The van der Waals surface area contributed by atoms with Crippen molar-refractivity contribution in [2.24, 2.45) is 0 Å². The highest BCUT2D eigenvalue weighted by Crippen LogP contribution is 2.37. The van der Waals surface area contributed by atoms with E-state index in [2.05, 4.69) is 5.32 Å². The van der Waals surface area contributed by atoms with Gasteiger partial charge in [0.25, 0.3) is 11.6 Å². The summed E-state index contributed by atoms with van der Waals surface area (Å²) in [6, 6.07) is 10.8. The summed E-state index contributed by atoms with van der Waals surface area (Å²) in [5.41, 5.74) is 1.05. The molecule has 0 bridgehead atoms. The van der Waals surface area contributed by atoms with E-state index in [1.54, 1.807) is 18.4 Å². The number of hydrogen-bond donors (Lipinski definition) is 1. The molecule has 0 saturated heterocycles. The third-order valence-corrected chi connectivity index (χ3v) is 4.87. The average molecular weight is 414 g/mol. The molecule has 0 atom stereocenters. The molecular weight excluding hydrogens is 399 g/mol. The number of nitrogens with one attached hydrogen (secondary N) is 1. The fraction of sp³-hybridized carbons (Fsp3) is 0.100. The molecule has 0 fully saturated rings. The topological polar surface area (TPSA) is 98.5 Å². The van der Waals surface area contributed by atoms with E-state index in [0.717, 1.165) is 23.5 Å². The lowest BCUT2D eigenvalue weighted by molar-refractivity contribution is -0.384. The molecule has 0 saturated carbocycles. The van der Waals surface area contributed by atoms with E-state index < -0.39 is 22.6 Å². The number of benzene rings is 2. The lowest BCUT2D eigenvalue weighted by Crippen LogP contribution is -2.14. The maximum Gasteiger partial charge on any atom is 0.341 e. The predicted octanol–water partition coefficient (Wildman–Crippen LogP) is 4.89. The number of amides is 1. The van der Waals surface area contributed by atoms with Gasteiger partial charge in [0.15, 0.2) is 0 Å². The summed E-state index contributed by atoms with van der Waals surface area (Å²) in [5, 5.41) is 15.6. The highest BCUT2D eigenvalue weighted by Gasteiger charge is 2.24. The van der Waals surface area contributed by atoms with Gasteiger partial charge >= 0.3 is 5.97 Å². The van der Waals surface area contributed by atoms with Crippen LogP contribution in [0.4, 0.5) is 15.1 Å². The maximum atomic E-state index is 13.1. The van der Waals surface area contributed by atoms with E-state index in [4.69, 9.17) is 4.74 Å². The summed E-state index contributed by atoms with van der Waals surface area (Å²) in [5.74, 6) is -1.66. The van der Waals surface area contributed by atoms with Gasteiger partial charge in [0.1, 0.15) is 16.4 Å². The Morgan fingerprint density at radius 2 is 1.93 bits per heavy atom. The Morgan fingerprint density at radius 1 is 1.21 bits per heavy atom. The number of nitrogens with zero attached hydrogens (tertiary/aromatic N) is 1. The van der Waals surface area contributed by atoms with Gasteiger partial charge < -0.3 is 10.1 Å². The molecule has 0 aliphatic carbocycles. The number of halogens is 1. The van der Waals surface area contributed by atoms with Crippen LogP contribution < -0.4 is 5.32 Å². The Labute approximate surface area is 168 Å². The van der Waals surface area contributed by atoms with Crippen LogP contribution in [-0.2, 0) is 4.74 Å². The second kappa shape index (κ2) is 8.61. The molecule has 0 unspecified atom stereocenters. The molecule has 29 heavy (non-hydrogen) atoms. The van der Waals surface area contributed by atoms with E-state index in [1.165, 1.54) is 30.3 Å². The number of anilines is 1. The second-order valence-electron chi connectivity index (χ2n) is 5.84. The summed E-state index contributed by atoms with van der Waals surface area (Å²) >= 11 is 1.09. The van der Waals surface area contributed by atoms with Crippen LogP contribution in [0.3, 0.4) is 0 Å². The quantitative estimate of drug-likeness (QED) is 0.352. The largest absolute Gasteiger partial charge is 0.462 e. The average Bonchev–Trinajstić information content (AvgIpc) is 3.12. The Kier molecular flexibility index (Phi) is 5.99. The first-order chi connectivity index (χ1) is 13.9. The number of ether oxygens (including phenoxy) is 1. The lowest BCUT2D eigenvalue weighted by Gasteiger charge is -2.09. The molecule has 0 spiro atoms. The molecule has 1 amide bonds. The van der Waals surface area contributed by atoms with Gasteiger partial charge in [-0.1, -0.05) is 12.1 Å². The van der Waals surface area contributed by atoms with Gasteiger partial charge in [0.05, 0.1) is 11.5 Å². The van der Waals surface area contributed by atoms with E-state index in [1.807, 2.05) is 0 Å². The lowest BCUT2D eigenvalue weighted by atomic mass is 10.0. The standard InChI is InChI=1S/C20H15FN2O5S/c1-2-28-20(25)17-16(13-4-3-5-15(10-13)23(26)27)11-29-19(17)22-18(24)12-6-8-14(21)9-7-12/h3-11H,2H2,1H3,(H,22,24). The maximum absolute atomic E-state index is 13.1. The van der Waals surface area contributed by atoms with Crippen molar-refractivity contribution in [2.75, 3.05) is 11.9 Å². The highest BCUT2D eigenvalue weighted by atomic mass is 32.1. The molecule has 9 heteroatoms. The van der Waals surface area contributed by atoms with Crippen LogP contribution >= 0.6 is 11.3 Å². The zero-order chi connectivity index (χ0) is 21.0. The number of nitro benzene ring substituents is 1. The van der Waals surface area contributed by atoms with Gasteiger partial charge in [-0.25, -0.2) is 9.18 Å². The van der Waals surface area contributed by atoms with Crippen molar-refractivity contribution in [3.8, 4) is 11.1 Å². The van der Waals surface area contributed by atoms with Crippen LogP contribution in [0.5, 0.6) is 0 Å². The molecule has 1 aromatic heterocycles. The monoisotopic (exact) mass is 414 g/mol. The third-order valence-electron chi connectivity index (χ3n) is 3.97. The molecule has 148 valence electrons. The molecular formula is C20H15FN2O5S. The molecule has 3 rings (SSSR count). The van der Waals surface area contributed by atoms with Crippen molar-refractivity contribution in [1.29, 1.82) is 0 Å². The van der Waals surface area contributed by atoms with Gasteiger partial charge in [-0.2, -0.15) is 0 Å². The number of thiophene rings is 1. The molecule has 0 aliphatic heterocycles. The van der Waals surface area contributed by atoms with Crippen molar-refractivity contribution in [2.45, 2.75) is 6.92 Å². The predicted molar refractivity (Wildman–Crippen MR) is 107 cm³/mol. The van der Waals surface area contributed by atoms with E-state index >= 15 is 0 Å². The van der Waals surface area contributed by atoms with Crippen molar-refractivity contribution in [3.63, 3.8) is 0 Å². The fourth-order valence-corrected chi connectivity index (χ4v) is 3.58. The van der Waals surface area contributed by atoms with Crippen LogP contribution in [-0.4, -0.2) is 23.4 Å². The Morgan fingerprint density at radius 3 is 2.59 bits per heavy atom. The number of esters is 1. The molecule has 1 N–H and O–H groups in total. The van der Waals surface area contributed by atoms with Gasteiger partial charge in [-0.05, 0) is 36.8 Å². The van der Waals surface area contributed by atoms with Crippen molar-refractivity contribution >= 4 is 33.9 Å². The van der Waals surface area contributed by atoms with E-state index in [-0.39, 0.29) is 28.4 Å². The summed E-state index contributed by atoms with van der Waals surface area (Å²) < 4.78 is 18.2. The minimum atomic E-state index is -0.662. The first kappa shape index (κ1) is 20.2. The van der Waals surface area contributed by atoms with Crippen LogP contribution in [0.2, 0.25) is 0 Å². The van der Waals surface area contributed by atoms with Crippen LogP contribution in [0.15, 0.2) is 53.9 Å². The van der Waals surface area contributed by atoms with Crippen molar-refractivity contribution in [3.05, 3.63) is 81.0 Å². The molecule has 2 aromatic carbocycles. The Bertz CT molecular complexity index is 1080. The summed E-state index contributed by atoms with van der Waals surface area (Å²) in [6.45, 7) is 1.77. The van der Waals surface area contributed by atoms with Gasteiger partial charge in [-0.3, -0.25) is 14.9 Å². The molecule has 0 radical (unpaired) electrons. The molecule has 1 heterocycles. The smallest absolute Gasteiger partial charge is 0.341 e. The number of non-ortho nitro benzene ring substituents is 1.